The molecule has 1 unspecified atom stereocenters. The summed E-state index contributed by atoms with van der Waals surface area (Å²) in [7, 11) is 1.80. The number of carbonyl (C=O) groups is 1. The average Bonchev–Trinajstić information content (AvgIpc) is 2.88. The molecule has 2 rings (SSSR count). The number of carbonyl (C=O) groups excluding carboxylic acids is 1. The molecule has 2 N–H and O–H groups in total. The number of thioether (sulfide) groups is 1. The van der Waals surface area contributed by atoms with Gasteiger partial charge >= 0.3 is 0 Å². The molecular formula is C13H19N3OS. The van der Waals surface area contributed by atoms with Crippen LogP contribution in [0, 0.1) is 12.8 Å². The summed E-state index contributed by atoms with van der Waals surface area (Å²) >= 11 is 1.97. The number of hydrogen-bond donors (Lipinski definition) is 2. The van der Waals surface area contributed by atoms with Gasteiger partial charge in [-0.25, -0.2) is 4.98 Å². The molecule has 0 bridgehead atoms. The fourth-order valence-corrected chi connectivity index (χ4v) is 3.30. The number of pyridine rings is 1. The van der Waals surface area contributed by atoms with Gasteiger partial charge in [0.1, 0.15) is 5.82 Å². The summed E-state index contributed by atoms with van der Waals surface area (Å²) in [5, 5.41) is 5.98. The Bertz CT molecular complexity index is 430. The molecule has 1 amide bonds. The first-order chi connectivity index (χ1) is 8.69. The second-order valence-corrected chi connectivity index (χ2v) is 5.72. The van der Waals surface area contributed by atoms with E-state index in [1.807, 2.05) is 24.8 Å². The molecule has 0 saturated carbocycles. The third kappa shape index (κ3) is 3.38. The highest BCUT2D eigenvalue weighted by Crippen LogP contribution is 2.22. The van der Waals surface area contributed by atoms with E-state index >= 15 is 0 Å². The summed E-state index contributed by atoms with van der Waals surface area (Å²) in [5.74, 6) is 3.74. The topological polar surface area (TPSA) is 54.0 Å². The second kappa shape index (κ2) is 6.09. The van der Waals surface area contributed by atoms with Gasteiger partial charge in [0, 0.05) is 24.8 Å². The first-order valence-corrected chi connectivity index (χ1v) is 7.37. The van der Waals surface area contributed by atoms with Crippen molar-refractivity contribution in [3.8, 4) is 0 Å². The largest absolute Gasteiger partial charge is 0.373 e. The lowest BCUT2D eigenvalue weighted by Gasteiger charge is -2.11. The van der Waals surface area contributed by atoms with Crippen LogP contribution in [0.5, 0.6) is 0 Å². The molecule has 1 aromatic rings. The van der Waals surface area contributed by atoms with Gasteiger partial charge in [-0.2, -0.15) is 11.8 Å². The lowest BCUT2D eigenvalue weighted by molar-refractivity contribution is 0.0948. The number of amides is 1. The fourth-order valence-electron chi connectivity index (χ4n) is 2.01. The quantitative estimate of drug-likeness (QED) is 0.873. The molecule has 1 saturated heterocycles. The highest BCUT2D eigenvalue weighted by molar-refractivity contribution is 7.99. The van der Waals surface area contributed by atoms with Crippen LogP contribution in [0.15, 0.2) is 12.1 Å². The summed E-state index contributed by atoms with van der Waals surface area (Å²) < 4.78 is 0. The SMILES string of the molecule is CNc1cc(C(=O)NCC2CCSC2)cc(C)n1. The van der Waals surface area contributed by atoms with Crippen molar-refractivity contribution in [1.82, 2.24) is 10.3 Å². The Kier molecular flexibility index (Phi) is 4.47. The van der Waals surface area contributed by atoms with Crippen LogP contribution in [-0.2, 0) is 0 Å². The summed E-state index contributed by atoms with van der Waals surface area (Å²) in [4.78, 5) is 16.3. The van der Waals surface area contributed by atoms with Crippen molar-refractivity contribution in [3.63, 3.8) is 0 Å². The molecule has 98 valence electrons. The van der Waals surface area contributed by atoms with Crippen LogP contribution in [0.25, 0.3) is 0 Å². The molecule has 1 aliphatic rings. The maximum atomic E-state index is 12.0. The summed E-state index contributed by atoms with van der Waals surface area (Å²) in [6, 6.07) is 3.60. The van der Waals surface area contributed by atoms with E-state index in [-0.39, 0.29) is 5.91 Å². The predicted octanol–water partition coefficient (Wildman–Crippen LogP) is 1.91. The third-order valence-electron chi connectivity index (χ3n) is 3.05. The van der Waals surface area contributed by atoms with Crippen molar-refractivity contribution in [2.24, 2.45) is 5.92 Å². The van der Waals surface area contributed by atoms with E-state index in [0.717, 1.165) is 23.8 Å². The van der Waals surface area contributed by atoms with Crippen LogP contribution >= 0.6 is 11.8 Å². The number of aryl methyl sites for hydroxylation is 1. The minimum atomic E-state index is -0.00565. The molecule has 1 aliphatic heterocycles. The Hall–Kier alpha value is -1.23. The van der Waals surface area contributed by atoms with Gasteiger partial charge in [0.15, 0.2) is 0 Å². The van der Waals surface area contributed by atoms with Crippen LogP contribution in [0.2, 0.25) is 0 Å². The Morgan fingerprint density at radius 2 is 2.39 bits per heavy atom. The van der Waals surface area contributed by atoms with Gasteiger partial charge < -0.3 is 10.6 Å². The number of nitrogens with one attached hydrogen (secondary N) is 2. The number of rotatable bonds is 4. The number of anilines is 1. The molecule has 1 atom stereocenters. The molecule has 0 aromatic carbocycles. The van der Waals surface area contributed by atoms with Crippen molar-refractivity contribution in [2.75, 3.05) is 30.4 Å². The lowest BCUT2D eigenvalue weighted by Crippen LogP contribution is -2.29. The molecule has 2 heterocycles. The minimum Gasteiger partial charge on any atom is -0.373 e. The van der Waals surface area contributed by atoms with Gasteiger partial charge in [-0.15, -0.1) is 0 Å². The molecule has 5 heteroatoms. The fraction of sp³-hybridized carbons (Fsp3) is 0.538. The van der Waals surface area contributed by atoms with Crippen LogP contribution in [0.1, 0.15) is 22.5 Å². The van der Waals surface area contributed by atoms with E-state index in [2.05, 4.69) is 15.6 Å². The third-order valence-corrected chi connectivity index (χ3v) is 4.28. The molecule has 0 radical (unpaired) electrons. The maximum Gasteiger partial charge on any atom is 0.251 e. The van der Waals surface area contributed by atoms with E-state index in [9.17, 15) is 4.79 Å². The van der Waals surface area contributed by atoms with Crippen molar-refractivity contribution < 1.29 is 4.79 Å². The normalized spacial score (nSPS) is 18.7. The summed E-state index contributed by atoms with van der Waals surface area (Å²) in [6.07, 6.45) is 1.21. The molecule has 4 nitrogen and oxygen atoms in total. The lowest BCUT2D eigenvalue weighted by atomic mass is 10.1. The average molecular weight is 265 g/mol. The molecule has 0 aliphatic carbocycles. The number of aromatic nitrogens is 1. The Balaban J connectivity index is 1.97. The van der Waals surface area contributed by atoms with Crippen LogP contribution in [0.3, 0.4) is 0 Å². The molecule has 18 heavy (non-hydrogen) atoms. The van der Waals surface area contributed by atoms with Crippen LogP contribution in [-0.4, -0.2) is 36.0 Å². The smallest absolute Gasteiger partial charge is 0.251 e. The Morgan fingerprint density at radius 3 is 3.06 bits per heavy atom. The minimum absolute atomic E-state index is 0.00565. The summed E-state index contributed by atoms with van der Waals surface area (Å²) in [6.45, 7) is 2.67. The highest BCUT2D eigenvalue weighted by Gasteiger charge is 2.16. The number of nitrogens with zero attached hydrogens (tertiary/aromatic N) is 1. The van der Waals surface area contributed by atoms with Gasteiger partial charge in [0.2, 0.25) is 0 Å². The first-order valence-electron chi connectivity index (χ1n) is 6.21. The van der Waals surface area contributed by atoms with Gasteiger partial charge in [0.25, 0.3) is 5.91 Å². The van der Waals surface area contributed by atoms with Gasteiger partial charge in [-0.05, 0) is 42.9 Å². The highest BCUT2D eigenvalue weighted by atomic mass is 32.2. The van der Waals surface area contributed by atoms with Crippen LogP contribution < -0.4 is 10.6 Å². The zero-order valence-electron chi connectivity index (χ0n) is 10.8. The van der Waals surface area contributed by atoms with Crippen molar-refractivity contribution in [2.45, 2.75) is 13.3 Å². The van der Waals surface area contributed by atoms with Crippen molar-refractivity contribution in [1.29, 1.82) is 0 Å². The number of hydrogen-bond acceptors (Lipinski definition) is 4. The predicted molar refractivity (Wildman–Crippen MR) is 76.3 cm³/mol. The van der Waals surface area contributed by atoms with E-state index < -0.39 is 0 Å². The Morgan fingerprint density at radius 1 is 1.56 bits per heavy atom. The molecule has 0 spiro atoms. The second-order valence-electron chi connectivity index (χ2n) is 4.57. The van der Waals surface area contributed by atoms with Crippen LogP contribution in [0.4, 0.5) is 5.82 Å². The standard InChI is InChI=1S/C13H19N3OS/c1-9-5-11(6-12(14-2)16-9)13(17)15-7-10-3-4-18-8-10/h5-6,10H,3-4,7-8H2,1-2H3,(H,14,16)(H,15,17). The molecule has 1 aromatic heterocycles. The first kappa shape index (κ1) is 13.2. The van der Waals surface area contributed by atoms with Gasteiger partial charge in [-0.3, -0.25) is 4.79 Å². The van der Waals surface area contributed by atoms with Crippen molar-refractivity contribution >= 4 is 23.5 Å². The Labute approximate surface area is 112 Å². The van der Waals surface area contributed by atoms with Gasteiger partial charge in [0.05, 0.1) is 0 Å². The van der Waals surface area contributed by atoms with E-state index in [4.69, 9.17) is 0 Å². The zero-order chi connectivity index (χ0) is 13.0. The van der Waals surface area contributed by atoms with E-state index in [0.29, 0.717) is 11.5 Å². The summed E-state index contributed by atoms with van der Waals surface area (Å²) in [5.41, 5.74) is 1.53. The van der Waals surface area contributed by atoms with Crippen molar-refractivity contribution in [3.05, 3.63) is 23.4 Å². The zero-order valence-corrected chi connectivity index (χ0v) is 11.6. The van der Waals surface area contributed by atoms with E-state index in [1.54, 1.807) is 13.1 Å². The monoisotopic (exact) mass is 265 g/mol. The maximum absolute atomic E-state index is 12.0. The molecule has 1 fully saturated rings. The van der Waals surface area contributed by atoms with Gasteiger partial charge in [-0.1, -0.05) is 0 Å². The van der Waals surface area contributed by atoms with E-state index in [1.165, 1.54) is 12.2 Å². The molecular weight excluding hydrogens is 246 g/mol.